The molecule has 0 saturated heterocycles. The van der Waals surface area contributed by atoms with Gasteiger partial charge < -0.3 is 14.6 Å². The summed E-state index contributed by atoms with van der Waals surface area (Å²) in [6.45, 7) is 2.38. The number of sulfonamides is 1. The van der Waals surface area contributed by atoms with Crippen LogP contribution in [0.2, 0.25) is 0 Å². The number of rotatable bonds is 7. The number of hydrogen-bond donors (Lipinski definition) is 1. The summed E-state index contributed by atoms with van der Waals surface area (Å²) >= 11 is 3.40. The van der Waals surface area contributed by atoms with Crippen LogP contribution in [0.5, 0.6) is 0 Å². The summed E-state index contributed by atoms with van der Waals surface area (Å²) in [5.74, 6) is -0.572. The minimum absolute atomic E-state index is 0.149. The fourth-order valence-corrected chi connectivity index (χ4v) is 6.36. The predicted molar refractivity (Wildman–Crippen MR) is 128 cm³/mol. The molecular weight excluding hydrogens is 508 g/mol. The number of fused-ring (bicyclic) bond motifs is 1. The minimum Gasteiger partial charge on any atom is -0.465 e. The maximum atomic E-state index is 13.9. The van der Waals surface area contributed by atoms with Crippen LogP contribution in [0.15, 0.2) is 70.4 Å². The third kappa shape index (κ3) is 5.29. The molecule has 1 aliphatic rings. The van der Waals surface area contributed by atoms with E-state index >= 15 is 0 Å². The summed E-state index contributed by atoms with van der Waals surface area (Å²) in [5.41, 5.74) is 2.43. The zero-order valence-electron chi connectivity index (χ0n) is 18.1. The molecule has 33 heavy (non-hydrogen) atoms. The SMILES string of the molecule is CCOC(=O)CN1C(Cc2ccccc2)CN(Cc2cnc[nH]2)c2ccc(Br)cc2S1(=O)=O. The standard InChI is InChI=1S/C23H25BrN4O4S/c1-2-32-23(29)15-28-20(10-17-6-4-3-5-7-17)14-27(13-19-12-25-16-26-19)21-9-8-18(24)11-22(21)33(28,30)31/h3-9,11-12,16,20H,2,10,13-15H2,1H3,(H,25,26). The summed E-state index contributed by atoms with van der Waals surface area (Å²) in [4.78, 5) is 21.8. The molecule has 0 spiro atoms. The number of benzene rings is 2. The molecule has 4 rings (SSSR count). The van der Waals surface area contributed by atoms with Gasteiger partial charge in [-0.3, -0.25) is 4.79 Å². The van der Waals surface area contributed by atoms with Gasteiger partial charge in [0.05, 0.1) is 30.9 Å². The fraction of sp³-hybridized carbons (Fsp3) is 0.304. The monoisotopic (exact) mass is 532 g/mol. The van der Waals surface area contributed by atoms with E-state index in [-0.39, 0.29) is 18.0 Å². The lowest BCUT2D eigenvalue weighted by molar-refractivity contribution is -0.143. The number of aromatic amines is 1. The lowest BCUT2D eigenvalue weighted by Crippen LogP contribution is -2.48. The van der Waals surface area contributed by atoms with Crippen LogP contribution < -0.4 is 4.90 Å². The van der Waals surface area contributed by atoms with Crippen molar-refractivity contribution in [3.63, 3.8) is 0 Å². The second-order valence-electron chi connectivity index (χ2n) is 7.77. The van der Waals surface area contributed by atoms with Crippen LogP contribution in [0, 0.1) is 0 Å². The molecule has 0 aliphatic carbocycles. The van der Waals surface area contributed by atoms with Crippen molar-refractivity contribution in [1.29, 1.82) is 0 Å². The molecule has 0 fully saturated rings. The van der Waals surface area contributed by atoms with Crippen LogP contribution in [0.25, 0.3) is 0 Å². The van der Waals surface area contributed by atoms with Gasteiger partial charge >= 0.3 is 5.97 Å². The quantitative estimate of drug-likeness (QED) is 0.468. The van der Waals surface area contributed by atoms with Gasteiger partial charge in [-0.1, -0.05) is 46.3 Å². The van der Waals surface area contributed by atoms with Gasteiger partial charge in [0.1, 0.15) is 11.4 Å². The molecule has 0 bridgehead atoms. The van der Waals surface area contributed by atoms with Gasteiger partial charge in [0.25, 0.3) is 0 Å². The number of esters is 1. The number of nitrogens with one attached hydrogen (secondary N) is 1. The lowest BCUT2D eigenvalue weighted by atomic mass is 10.0. The molecule has 2 heterocycles. The van der Waals surface area contributed by atoms with Gasteiger partial charge in [-0.05, 0) is 37.1 Å². The number of carbonyl (C=O) groups excluding carboxylic acids is 1. The van der Waals surface area contributed by atoms with E-state index in [0.29, 0.717) is 29.7 Å². The van der Waals surface area contributed by atoms with Crippen molar-refractivity contribution in [2.24, 2.45) is 0 Å². The van der Waals surface area contributed by atoms with Gasteiger partial charge in [-0.2, -0.15) is 4.31 Å². The van der Waals surface area contributed by atoms with Crippen LogP contribution >= 0.6 is 15.9 Å². The maximum Gasteiger partial charge on any atom is 0.321 e. The molecule has 1 aromatic heterocycles. The van der Waals surface area contributed by atoms with Gasteiger partial charge in [0.15, 0.2) is 0 Å². The Labute approximate surface area is 201 Å². The molecule has 1 N–H and O–H groups in total. The van der Waals surface area contributed by atoms with Crippen molar-refractivity contribution in [3.8, 4) is 0 Å². The van der Waals surface area contributed by atoms with Crippen molar-refractivity contribution in [3.05, 3.63) is 76.8 Å². The van der Waals surface area contributed by atoms with E-state index < -0.39 is 22.0 Å². The number of carbonyl (C=O) groups is 1. The van der Waals surface area contributed by atoms with E-state index in [0.717, 1.165) is 11.3 Å². The first-order valence-electron chi connectivity index (χ1n) is 10.6. The van der Waals surface area contributed by atoms with E-state index in [4.69, 9.17) is 4.74 Å². The van der Waals surface area contributed by atoms with Crippen molar-refractivity contribution in [1.82, 2.24) is 14.3 Å². The number of anilines is 1. The van der Waals surface area contributed by atoms with Gasteiger partial charge in [0.2, 0.25) is 10.0 Å². The lowest BCUT2D eigenvalue weighted by Gasteiger charge is -2.31. The van der Waals surface area contributed by atoms with E-state index in [1.807, 2.05) is 41.3 Å². The first-order valence-corrected chi connectivity index (χ1v) is 12.8. The van der Waals surface area contributed by atoms with Crippen molar-refractivity contribution < 1.29 is 17.9 Å². The first kappa shape index (κ1) is 23.5. The van der Waals surface area contributed by atoms with E-state index in [1.165, 1.54) is 4.31 Å². The highest BCUT2D eigenvalue weighted by molar-refractivity contribution is 9.10. The summed E-state index contributed by atoms with van der Waals surface area (Å²) in [5, 5.41) is 0. The predicted octanol–water partition coefficient (Wildman–Crippen LogP) is 3.36. The first-order chi connectivity index (χ1) is 15.9. The third-order valence-corrected chi connectivity index (χ3v) is 7.93. The maximum absolute atomic E-state index is 13.9. The highest BCUT2D eigenvalue weighted by Gasteiger charge is 2.40. The van der Waals surface area contributed by atoms with Crippen LogP contribution in [0.1, 0.15) is 18.2 Å². The Morgan fingerprint density at radius 3 is 2.73 bits per heavy atom. The number of halogens is 1. The second-order valence-corrected chi connectivity index (χ2v) is 10.5. The molecule has 0 radical (unpaired) electrons. The second kappa shape index (κ2) is 10.1. The zero-order valence-corrected chi connectivity index (χ0v) is 20.5. The highest BCUT2D eigenvalue weighted by Crippen LogP contribution is 2.36. The number of ether oxygens (including phenoxy) is 1. The molecule has 10 heteroatoms. The van der Waals surface area contributed by atoms with E-state index in [2.05, 4.69) is 25.9 Å². The highest BCUT2D eigenvalue weighted by atomic mass is 79.9. The average molecular weight is 533 g/mol. The largest absolute Gasteiger partial charge is 0.465 e. The normalized spacial score (nSPS) is 17.9. The average Bonchev–Trinajstić information content (AvgIpc) is 3.28. The van der Waals surface area contributed by atoms with Gasteiger partial charge in [0, 0.05) is 23.3 Å². The fourth-order valence-electron chi connectivity index (χ4n) is 4.05. The third-order valence-electron chi connectivity index (χ3n) is 5.51. The summed E-state index contributed by atoms with van der Waals surface area (Å²) in [7, 11) is -4.00. The molecule has 3 aromatic rings. The Hall–Kier alpha value is -2.69. The molecule has 1 atom stereocenters. The van der Waals surface area contributed by atoms with Gasteiger partial charge in [-0.25, -0.2) is 13.4 Å². The Morgan fingerprint density at radius 2 is 2.03 bits per heavy atom. The van der Waals surface area contributed by atoms with Crippen molar-refractivity contribution in [2.45, 2.75) is 30.8 Å². The number of aromatic nitrogens is 2. The molecular formula is C23H25BrN4O4S. The molecule has 1 aliphatic heterocycles. The van der Waals surface area contributed by atoms with Crippen LogP contribution in [0.3, 0.4) is 0 Å². The van der Waals surface area contributed by atoms with Crippen LogP contribution in [-0.4, -0.2) is 54.4 Å². The molecule has 1 unspecified atom stereocenters. The van der Waals surface area contributed by atoms with Crippen molar-refractivity contribution >= 4 is 37.6 Å². The smallest absolute Gasteiger partial charge is 0.321 e. The van der Waals surface area contributed by atoms with E-state index in [1.54, 1.807) is 31.6 Å². The van der Waals surface area contributed by atoms with Gasteiger partial charge in [-0.15, -0.1) is 0 Å². The summed E-state index contributed by atoms with van der Waals surface area (Å²) < 4.78 is 34.9. The number of imidazole rings is 1. The summed E-state index contributed by atoms with van der Waals surface area (Å²) in [6.07, 6.45) is 3.77. The van der Waals surface area contributed by atoms with Crippen LogP contribution in [0.4, 0.5) is 5.69 Å². The molecule has 0 amide bonds. The minimum atomic E-state index is -4.00. The number of nitrogens with zero attached hydrogens (tertiary/aromatic N) is 3. The summed E-state index contributed by atoms with van der Waals surface area (Å²) in [6, 6.07) is 14.4. The number of H-pyrrole nitrogens is 1. The number of hydrogen-bond acceptors (Lipinski definition) is 6. The molecule has 0 saturated carbocycles. The van der Waals surface area contributed by atoms with Crippen molar-refractivity contribution in [2.75, 3.05) is 24.6 Å². The Balaban J connectivity index is 1.81. The van der Waals surface area contributed by atoms with E-state index in [9.17, 15) is 13.2 Å². The molecule has 174 valence electrons. The Kier molecular flexibility index (Phi) is 7.16. The Bertz CT molecular complexity index is 1200. The van der Waals surface area contributed by atoms with Crippen LogP contribution in [-0.2, 0) is 32.5 Å². The molecule has 2 aromatic carbocycles. The zero-order chi connectivity index (χ0) is 23.4. The Morgan fingerprint density at radius 1 is 1.24 bits per heavy atom. The molecule has 8 nitrogen and oxygen atoms in total. The topological polar surface area (TPSA) is 95.6 Å².